The van der Waals surface area contributed by atoms with Crippen molar-refractivity contribution in [3.8, 4) is 0 Å². The minimum atomic E-state index is -0.974. The SMILES string of the molecule is Cn1nc(C(=O)O)cc1CNC1CC1. The number of hydrogen-bond acceptors (Lipinski definition) is 3. The Hall–Kier alpha value is -1.36. The average Bonchev–Trinajstić information content (AvgIpc) is 2.87. The van der Waals surface area contributed by atoms with Gasteiger partial charge in [0.1, 0.15) is 0 Å². The lowest BCUT2D eigenvalue weighted by molar-refractivity contribution is 0.0689. The molecule has 2 rings (SSSR count). The van der Waals surface area contributed by atoms with Crippen LogP contribution in [0.15, 0.2) is 6.07 Å². The molecule has 0 aliphatic heterocycles. The van der Waals surface area contributed by atoms with Gasteiger partial charge in [0.15, 0.2) is 5.69 Å². The third-order valence-electron chi connectivity index (χ3n) is 2.35. The van der Waals surface area contributed by atoms with E-state index in [9.17, 15) is 4.79 Å². The Labute approximate surface area is 81.7 Å². The minimum absolute atomic E-state index is 0.111. The number of aryl methyl sites for hydroxylation is 1. The van der Waals surface area contributed by atoms with E-state index in [2.05, 4.69) is 10.4 Å². The molecule has 0 saturated heterocycles. The summed E-state index contributed by atoms with van der Waals surface area (Å²) in [5.74, 6) is -0.974. The molecular weight excluding hydrogens is 182 g/mol. The van der Waals surface area contributed by atoms with Crippen LogP contribution in [0.1, 0.15) is 29.0 Å². The Morgan fingerprint density at radius 1 is 1.79 bits per heavy atom. The molecule has 1 aromatic heterocycles. The van der Waals surface area contributed by atoms with Crippen LogP contribution < -0.4 is 5.32 Å². The molecule has 5 heteroatoms. The van der Waals surface area contributed by atoms with Crippen LogP contribution in [0.2, 0.25) is 0 Å². The molecule has 1 heterocycles. The summed E-state index contributed by atoms with van der Waals surface area (Å²) in [6.07, 6.45) is 2.45. The van der Waals surface area contributed by atoms with Gasteiger partial charge in [0, 0.05) is 19.6 Å². The lowest BCUT2D eigenvalue weighted by atomic mass is 10.3. The van der Waals surface area contributed by atoms with Crippen LogP contribution in [0.4, 0.5) is 0 Å². The van der Waals surface area contributed by atoms with Crippen molar-refractivity contribution in [1.82, 2.24) is 15.1 Å². The summed E-state index contributed by atoms with van der Waals surface area (Å²) in [4.78, 5) is 10.6. The van der Waals surface area contributed by atoms with E-state index in [0.717, 1.165) is 5.69 Å². The standard InChI is InChI=1S/C9H13N3O2/c1-12-7(5-10-6-2-3-6)4-8(11-12)9(13)14/h4,6,10H,2-3,5H2,1H3,(H,13,14). The van der Waals surface area contributed by atoms with Gasteiger partial charge in [0.05, 0.1) is 5.69 Å². The Bertz CT molecular complexity index is 355. The Balaban J connectivity index is 2.03. The van der Waals surface area contributed by atoms with Crippen molar-refractivity contribution in [2.75, 3.05) is 0 Å². The first kappa shape index (κ1) is 9.21. The maximum atomic E-state index is 10.6. The largest absolute Gasteiger partial charge is 0.476 e. The Kier molecular flexibility index (Phi) is 2.25. The average molecular weight is 195 g/mol. The smallest absolute Gasteiger partial charge is 0.356 e. The zero-order valence-corrected chi connectivity index (χ0v) is 8.03. The topological polar surface area (TPSA) is 67.2 Å². The number of aromatic carboxylic acids is 1. The zero-order valence-electron chi connectivity index (χ0n) is 8.03. The predicted molar refractivity (Wildman–Crippen MR) is 50.0 cm³/mol. The molecule has 0 atom stereocenters. The van der Waals surface area contributed by atoms with Gasteiger partial charge in [0.2, 0.25) is 0 Å². The number of rotatable bonds is 4. The molecule has 76 valence electrons. The van der Waals surface area contributed by atoms with Crippen molar-refractivity contribution in [3.63, 3.8) is 0 Å². The van der Waals surface area contributed by atoms with Gasteiger partial charge >= 0.3 is 5.97 Å². The highest BCUT2D eigenvalue weighted by Crippen LogP contribution is 2.19. The molecule has 14 heavy (non-hydrogen) atoms. The number of nitrogens with one attached hydrogen (secondary N) is 1. The Morgan fingerprint density at radius 2 is 2.50 bits per heavy atom. The molecule has 0 spiro atoms. The number of aromatic nitrogens is 2. The first-order valence-electron chi connectivity index (χ1n) is 4.66. The van der Waals surface area contributed by atoms with Crippen LogP contribution in [0.3, 0.4) is 0 Å². The number of carboxylic acid groups (broad SMARTS) is 1. The summed E-state index contributed by atoms with van der Waals surface area (Å²) in [6, 6.07) is 2.23. The first-order chi connectivity index (χ1) is 6.66. The molecule has 0 aromatic carbocycles. The number of carboxylic acids is 1. The van der Waals surface area contributed by atoms with E-state index in [-0.39, 0.29) is 5.69 Å². The molecule has 2 N–H and O–H groups in total. The molecule has 0 radical (unpaired) electrons. The second-order valence-corrected chi connectivity index (χ2v) is 3.60. The number of nitrogens with zero attached hydrogens (tertiary/aromatic N) is 2. The molecule has 5 nitrogen and oxygen atoms in total. The maximum absolute atomic E-state index is 10.6. The van der Waals surface area contributed by atoms with Gasteiger partial charge in [-0.05, 0) is 18.9 Å². The van der Waals surface area contributed by atoms with Gasteiger partial charge in [-0.15, -0.1) is 0 Å². The monoisotopic (exact) mass is 195 g/mol. The molecule has 1 aliphatic carbocycles. The van der Waals surface area contributed by atoms with E-state index in [0.29, 0.717) is 12.6 Å². The van der Waals surface area contributed by atoms with Crippen molar-refractivity contribution in [2.45, 2.75) is 25.4 Å². The molecule has 1 aliphatic rings. The predicted octanol–water partition coefficient (Wildman–Crippen LogP) is 0.370. The van der Waals surface area contributed by atoms with Crippen LogP contribution in [-0.4, -0.2) is 26.9 Å². The van der Waals surface area contributed by atoms with E-state index in [1.54, 1.807) is 17.8 Å². The summed E-state index contributed by atoms with van der Waals surface area (Å²) >= 11 is 0. The summed E-state index contributed by atoms with van der Waals surface area (Å²) in [6.45, 7) is 0.696. The van der Waals surface area contributed by atoms with Gasteiger partial charge in [-0.2, -0.15) is 5.10 Å². The van der Waals surface area contributed by atoms with Crippen molar-refractivity contribution < 1.29 is 9.90 Å². The van der Waals surface area contributed by atoms with E-state index < -0.39 is 5.97 Å². The summed E-state index contributed by atoms with van der Waals surface area (Å²) in [7, 11) is 1.76. The number of carbonyl (C=O) groups is 1. The van der Waals surface area contributed by atoms with Gasteiger partial charge in [-0.1, -0.05) is 0 Å². The van der Waals surface area contributed by atoms with Gasteiger partial charge < -0.3 is 10.4 Å². The van der Waals surface area contributed by atoms with E-state index >= 15 is 0 Å². The molecule has 0 unspecified atom stereocenters. The van der Waals surface area contributed by atoms with Gasteiger partial charge in [-0.25, -0.2) is 4.79 Å². The molecule has 1 aromatic rings. The summed E-state index contributed by atoms with van der Waals surface area (Å²) in [5.41, 5.74) is 1.02. The molecule has 0 bridgehead atoms. The van der Waals surface area contributed by atoms with Gasteiger partial charge in [-0.3, -0.25) is 4.68 Å². The van der Waals surface area contributed by atoms with E-state index in [1.807, 2.05) is 0 Å². The first-order valence-corrected chi connectivity index (χ1v) is 4.66. The van der Waals surface area contributed by atoms with Crippen LogP contribution >= 0.6 is 0 Å². The quantitative estimate of drug-likeness (QED) is 0.728. The second kappa shape index (κ2) is 3.42. The highest BCUT2D eigenvalue weighted by atomic mass is 16.4. The molecule has 0 amide bonds. The lowest BCUT2D eigenvalue weighted by Gasteiger charge is -2.01. The zero-order chi connectivity index (χ0) is 10.1. The van der Waals surface area contributed by atoms with E-state index in [4.69, 9.17) is 5.11 Å². The van der Waals surface area contributed by atoms with Crippen molar-refractivity contribution in [1.29, 1.82) is 0 Å². The van der Waals surface area contributed by atoms with Gasteiger partial charge in [0.25, 0.3) is 0 Å². The van der Waals surface area contributed by atoms with Crippen LogP contribution in [0.5, 0.6) is 0 Å². The third kappa shape index (κ3) is 1.93. The highest BCUT2D eigenvalue weighted by molar-refractivity contribution is 5.85. The van der Waals surface area contributed by atoms with Crippen LogP contribution in [0, 0.1) is 0 Å². The maximum Gasteiger partial charge on any atom is 0.356 e. The third-order valence-corrected chi connectivity index (χ3v) is 2.35. The Morgan fingerprint density at radius 3 is 3.00 bits per heavy atom. The van der Waals surface area contributed by atoms with Crippen molar-refractivity contribution in [2.24, 2.45) is 7.05 Å². The molecular formula is C9H13N3O2. The minimum Gasteiger partial charge on any atom is -0.476 e. The fourth-order valence-corrected chi connectivity index (χ4v) is 1.31. The molecule has 1 saturated carbocycles. The normalized spacial score (nSPS) is 15.8. The van der Waals surface area contributed by atoms with Crippen molar-refractivity contribution in [3.05, 3.63) is 17.5 Å². The van der Waals surface area contributed by atoms with E-state index in [1.165, 1.54) is 12.8 Å². The summed E-state index contributed by atoms with van der Waals surface area (Å²) in [5, 5.41) is 15.9. The highest BCUT2D eigenvalue weighted by Gasteiger charge is 2.21. The fraction of sp³-hybridized carbons (Fsp3) is 0.556. The number of hydrogen-bond donors (Lipinski definition) is 2. The second-order valence-electron chi connectivity index (χ2n) is 3.60. The van der Waals surface area contributed by atoms with Crippen molar-refractivity contribution >= 4 is 5.97 Å². The van der Waals surface area contributed by atoms with Crippen LogP contribution in [-0.2, 0) is 13.6 Å². The summed E-state index contributed by atoms with van der Waals surface area (Å²) < 4.78 is 1.61. The van der Waals surface area contributed by atoms with Crippen LogP contribution in [0.25, 0.3) is 0 Å². The lowest BCUT2D eigenvalue weighted by Crippen LogP contribution is -2.17. The fourth-order valence-electron chi connectivity index (χ4n) is 1.31. The molecule has 1 fully saturated rings.